The van der Waals surface area contributed by atoms with E-state index in [9.17, 15) is 19.4 Å². The highest BCUT2D eigenvalue weighted by atomic mass is 19.1. The number of rotatable bonds is 8. The molecule has 2 aromatic carbocycles. The van der Waals surface area contributed by atoms with Crippen LogP contribution in [0, 0.1) is 11.7 Å². The van der Waals surface area contributed by atoms with Crippen LogP contribution in [0.5, 0.6) is 11.6 Å². The van der Waals surface area contributed by atoms with Crippen LogP contribution in [0.4, 0.5) is 4.39 Å². The summed E-state index contributed by atoms with van der Waals surface area (Å²) in [4.78, 5) is 17.6. The predicted octanol–water partition coefficient (Wildman–Crippen LogP) is 4.55. The molecule has 1 saturated heterocycles. The van der Waals surface area contributed by atoms with Gasteiger partial charge < -0.3 is 24.4 Å². The van der Waals surface area contributed by atoms with Gasteiger partial charge in [-0.3, -0.25) is 9.69 Å². The van der Waals surface area contributed by atoms with Gasteiger partial charge in [-0.2, -0.15) is 0 Å². The lowest BCUT2D eigenvalue weighted by Crippen LogP contribution is -2.35. The SMILES string of the molecule is COc1cc(-c2ccc(C3CCc4ccc([C@H](O)[C@H](C)C(=O)O)cc4O3)cc2CN2CCOCC2)c(F)cn1. The van der Waals surface area contributed by atoms with Gasteiger partial charge in [-0.15, -0.1) is 0 Å². The maximum atomic E-state index is 14.9. The number of aromatic nitrogens is 1. The Hall–Kier alpha value is -3.53. The summed E-state index contributed by atoms with van der Waals surface area (Å²) >= 11 is 0. The number of ether oxygens (including phenoxy) is 3. The highest BCUT2D eigenvalue weighted by Gasteiger charge is 2.27. The van der Waals surface area contributed by atoms with Gasteiger partial charge >= 0.3 is 5.97 Å². The third-order valence-corrected chi connectivity index (χ3v) is 7.57. The van der Waals surface area contributed by atoms with Crippen LogP contribution in [-0.4, -0.2) is 59.5 Å². The smallest absolute Gasteiger partial charge is 0.309 e. The molecule has 2 N–H and O–H groups in total. The Morgan fingerprint density at radius 1 is 1.18 bits per heavy atom. The number of nitrogens with zero attached hydrogens (tertiary/aromatic N) is 2. The molecule has 3 aromatic rings. The zero-order chi connectivity index (χ0) is 27.5. The van der Waals surface area contributed by atoms with Crippen LogP contribution in [0.3, 0.4) is 0 Å². The first-order valence-electron chi connectivity index (χ1n) is 13.2. The van der Waals surface area contributed by atoms with Crippen molar-refractivity contribution in [1.29, 1.82) is 0 Å². The molecule has 0 bridgehead atoms. The second-order valence-corrected chi connectivity index (χ2v) is 10.1. The monoisotopic (exact) mass is 536 g/mol. The number of morpholine rings is 1. The Balaban J connectivity index is 1.46. The zero-order valence-electron chi connectivity index (χ0n) is 22.1. The van der Waals surface area contributed by atoms with E-state index < -0.39 is 23.8 Å². The topological polar surface area (TPSA) is 101 Å². The molecule has 5 rings (SSSR count). The fourth-order valence-electron chi connectivity index (χ4n) is 5.17. The number of aliphatic hydroxyl groups excluding tert-OH is 1. The van der Waals surface area contributed by atoms with E-state index in [1.165, 1.54) is 20.2 Å². The lowest BCUT2D eigenvalue weighted by Gasteiger charge is -2.30. The summed E-state index contributed by atoms with van der Waals surface area (Å²) in [7, 11) is 1.51. The van der Waals surface area contributed by atoms with E-state index in [0.717, 1.165) is 48.2 Å². The Kier molecular flexibility index (Phi) is 8.11. The summed E-state index contributed by atoms with van der Waals surface area (Å²) in [6.45, 7) is 5.00. The molecule has 2 aliphatic rings. The number of aliphatic carboxylic acids is 1. The molecule has 3 heterocycles. The van der Waals surface area contributed by atoms with Gasteiger partial charge in [0.25, 0.3) is 0 Å². The van der Waals surface area contributed by atoms with E-state index in [0.29, 0.717) is 42.5 Å². The van der Waals surface area contributed by atoms with E-state index in [2.05, 4.69) is 16.0 Å². The summed E-state index contributed by atoms with van der Waals surface area (Å²) in [5.41, 5.74) is 4.66. The molecule has 3 atom stereocenters. The Labute approximate surface area is 227 Å². The second-order valence-electron chi connectivity index (χ2n) is 10.1. The first-order valence-corrected chi connectivity index (χ1v) is 13.2. The number of aryl methyl sites for hydroxylation is 1. The van der Waals surface area contributed by atoms with Gasteiger partial charge in [0.2, 0.25) is 5.88 Å². The number of carboxylic acids is 1. The van der Waals surface area contributed by atoms with Gasteiger partial charge in [0.05, 0.1) is 38.5 Å². The summed E-state index contributed by atoms with van der Waals surface area (Å²) in [6.07, 6.45) is 1.34. The minimum Gasteiger partial charge on any atom is -0.485 e. The molecule has 0 spiro atoms. The molecule has 0 saturated carbocycles. The van der Waals surface area contributed by atoms with E-state index in [1.807, 2.05) is 18.2 Å². The number of carbonyl (C=O) groups is 1. The highest BCUT2D eigenvalue weighted by molar-refractivity contribution is 5.71. The van der Waals surface area contributed by atoms with Crippen molar-refractivity contribution in [2.75, 3.05) is 33.4 Å². The molecule has 1 unspecified atom stereocenters. The van der Waals surface area contributed by atoms with E-state index in [-0.39, 0.29) is 6.10 Å². The van der Waals surface area contributed by atoms with E-state index >= 15 is 0 Å². The summed E-state index contributed by atoms with van der Waals surface area (Å²) in [5, 5.41) is 19.8. The van der Waals surface area contributed by atoms with Crippen molar-refractivity contribution < 1.29 is 33.6 Å². The number of pyridine rings is 1. The van der Waals surface area contributed by atoms with Gasteiger partial charge in [0.1, 0.15) is 17.7 Å². The van der Waals surface area contributed by atoms with Gasteiger partial charge in [0.15, 0.2) is 0 Å². The maximum absolute atomic E-state index is 14.9. The summed E-state index contributed by atoms with van der Waals surface area (Å²) in [6, 6.07) is 13.0. The van der Waals surface area contributed by atoms with Gasteiger partial charge in [-0.25, -0.2) is 9.37 Å². The molecule has 1 fully saturated rings. The first kappa shape index (κ1) is 27.1. The van der Waals surface area contributed by atoms with Crippen LogP contribution in [0.2, 0.25) is 0 Å². The van der Waals surface area contributed by atoms with E-state index in [1.54, 1.807) is 18.2 Å². The van der Waals surface area contributed by atoms with Crippen LogP contribution in [0.1, 0.15) is 47.8 Å². The van der Waals surface area contributed by atoms with Crippen molar-refractivity contribution in [2.45, 2.75) is 38.5 Å². The number of methoxy groups -OCH3 is 1. The molecule has 206 valence electrons. The van der Waals surface area contributed by atoms with Crippen molar-refractivity contribution >= 4 is 5.97 Å². The zero-order valence-corrected chi connectivity index (χ0v) is 22.1. The molecule has 0 radical (unpaired) electrons. The van der Waals surface area contributed by atoms with Gasteiger partial charge in [-0.1, -0.05) is 30.3 Å². The van der Waals surface area contributed by atoms with Crippen LogP contribution in [0.15, 0.2) is 48.7 Å². The predicted molar refractivity (Wildman–Crippen MR) is 142 cm³/mol. The molecular formula is C30H33FN2O6. The average molecular weight is 537 g/mol. The lowest BCUT2D eigenvalue weighted by atomic mass is 9.91. The number of hydrogen-bond acceptors (Lipinski definition) is 7. The average Bonchev–Trinajstić information content (AvgIpc) is 2.96. The molecular weight excluding hydrogens is 503 g/mol. The fraction of sp³-hybridized carbons (Fsp3) is 0.400. The van der Waals surface area contributed by atoms with Crippen LogP contribution >= 0.6 is 0 Å². The Morgan fingerprint density at radius 3 is 2.72 bits per heavy atom. The minimum atomic E-state index is -1.14. The van der Waals surface area contributed by atoms with Crippen molar-refractivity contribution in [3.63, 3.8) is 0 Å². The Morgan fingerprint density at radius 2 is 1.97 bits per heavy atom. The lowest BCUT2D eigenvalue weighted by molar-refractivity contribution is -0.145. The number of halogens is 1. The fourth-order valence-corrected chi connectivity index (χ4v) is 5.17. The van der Waals surface area contributed by atoms with Crippen LogP contribution in [-0.2, 0) is 22.5 Å². The number of fused-ring (bicyclic) bond motifs is 1. The van der Waals surface area contributed by atoms with Crippen molar-refractivity contribution in [2.24, 2.45) is 5.92 Å². The summed E-state index contributed by atoms with van der Waals surface area (Å²) < 4.78 is 32.1. The number of benzene rings is 2. The second kappa shape index (κ2) is 11.7. The highest BCUT2D eigenvalue weighted by Crippen LogP contribution is 2.39. The van der Waals surface area contributed by atoms with Crippen LogP contribution < -0.4 is 9.47 Å². The third kappa shape index (κ3) is 5.90. The molecule has 8 nitrogen and oxygen atoms in total. The molecule has 0 amide bonds. The Bertz CT molecular complexity index is 1340. The third-order valence-electron chi connectivity index (χ3n) is 7.57. The normalized spacial score (nSPS) is 19.0. The molecule has 0 aliphatic carbocycles. The van der Waals surface area contributed by atoms with Crippen molar-refractivity contribution in [1.82, 2.24) is 9.88 Å². The summed E-state index contributed by atoms with van der Waals surface area (Å²) in [5.74, 6) is -1.43. The van der Waals surface area contributed by atoms with Gasteiger partial charge in [-0.05, 0) is 53.6 Å². The molecule has 1 aromatic heterocycles. The number of carboxylic acid groups (broad SMARTS) is 1. The number of hydrogen-bond donors (Lipinski definition) is 2. The molecule has 39 heavy (non-hydrogen) atoms. The van der Waals surface area contributed by atoms with Gasteiger partial charge in [0, 0.05) is 31.3 Å². The number of aliphatic hydroxyl groups is 1. The maximum Gasteiger partial charge on any atom is 0.309 e. The molecule has 2 aliphatic heterocycles. The standard InChI is InChI=1S/C30H33FN2O6/c1-18(30(35)36)29(34)21-4-3-19-6-8-26(39-27(19)14-21)20-5-7-23(24-15-28(37-2)32-16-25(24)31)22(13-20)17-33-9-11-38-12-10-33/h3-5,7,13-16,18,26,29,34H,6,8-12,17H2,1-2H3,(H,35,36)/t18-,26?,29+/m0/s1. The van der Waals surface area contributed by atoms with Crippen LogP contribution in [0.25, 0.3) is 11.1 Å². The molecule has 9 heteroatoms. The first-order chi connectivity index (χ1) is 18.8. The van der Waals surface area contributed by atoms with Crippen molar-refractivity contribution in [3.8, 4) is 22.8 Å². The quantitative estimate of drug-likeness (QED) is 0.433. The largest absolute Gasteiger partial charge is 0.485 e. The van der Waals surface area contributed by atoms with Crippen molar-refractivity contribution in [3.05, 3.63) is 76.7 Å². The minimum absolute atomic E-state index is 0.240. The van der Waals surface area contributed by atoms with E-state index in [4.69, 9.17) is 14.2 Å².